The summed E-state index contributed by atoms with van der Waals surface area (Å²) in [4.78, 5) is 27.4. The third-order valence-corrected chi connectivity index (χ3v) is 5.92. The number of nitrogens with zero attached hydrogens (tertiary/aromatic N) is 2. The van der Waals surface area contributed by atoms with Crippen LogP contribution in [0.1, 0.15) is 70.8 Å². The summed E-state index contributed by atoms with van der Waals surface area (Å²) in [5.41, 5.74) is 1.80. The minimum atomic E-state index is -0.445. The molecule has 1 aliphatic heterocycles. The van der Waals surface area contributed by atoms with Gasteiger partial charge in [0.1, 0.15) is 17.4 Å². The third-order valence-electron chi connectivity index (χ3n) is 5.92. The standard InChI is InChI=1S/C25H30N2O3/c1-3-4-8-15-30-21-13-11-19(12-14-21)16-22-18(2)23(17-26)25(29)27(24(22)28)20-9-6-5-7-10-20/h11-14,16,20H,3-10,15H2,1-2H3/b22-16+. The summed E-state index contributed by atoms with van der Waals surface area (Å²) in [5.74, 6) is 0.0652. The average Bonchev–Trinajstić information content (AvgIpc) is 2.76. The Bertz CT molecular complexity index is 884. The Labute approximate surface area is 179 Å². The second-order valence-corrected chi connectivity index (χ2v) is 8.07. The van der Waals surface area contributed by atoms with Gasteiger partial charge in [-0.25, -0.2) is 0 Å². The lowest BCUT2D eigenvalue weighted by molar-refractivity contribution is -0.143. The van der Waals surface area contributed by atoms with Gasteiger partial charge in [0.15, 0.2) is 0 Å². The van der Waals surface area contributed by atoms with E-state index >= 15 is 0 Å². The number of ether oxygens (including phenoxy) is 1. The fourth-order valence-corrected chi connectivity index (χ4v) is 4.14. The number of hydrogen-bond acceptors (Lipinski definition) is 4. The van der Waals surface area contributed by atoms with Crippen molar-refractivity contribution in [3.8, 4) is 11.8 Å². The van der Waals surface area contributed by atoms with Crippen LogP contribution in [0.3, 0.4) is 0 Å². The minimum absolute atomic E-state index is 0.0716. The number of rotatable bonds is 7. The Hall–Kier alpha value is -2.87. The van der Waals surface area contributed by atoms with Crippen LogP contribution in [-0.4, -0.2) is 29.4 Å². The number of carbonyl (C=O) groups excluding carboxylic acids is 2. The molecule has 1 aromatic rings. The second-order valence-electron chi connectivity index (χ2n) is 8.07. The Kier molecular flexibility index (Phi) is 7.46. The minimum Gasteiger partial charge on any atom is -0.494 e. The Morgan fingerprint density at radius 3 is 2.43 bits per heavy atom. The highest BCUT2D eigenvalue weighted by Crippen LogP contribution is 2.32. The highest BCUT2D eigenvalue weighted by Gasteiger charge is 2.39. The Balaban J connectivity index is 1.84. The van der Waals surface area contributed by atoms with Crippen LogP contribution >= 0.6 is 0 Å². The van der Waals surface area contributed by atoms with Gasteiger partial charge >= 0.3 is 0 Å². The van der Waals surface area contributed by atoms with E-state index in [1.54, 1.807) is 13.0 Å². The van der Waals surface area contributed by atoms with Crippen molar-refractivity contribution in [1.29, 1.82) is 5.26 Å². The molecule has 1 heterocycles. The Morgan fingerprint density at radius 1 is 1.10 bits per heavy atom. The molecule has 30 heavy (non-hydrogen) atoms. The van der Waals surface area contributed by atoms with E-state index in [0.29, 0.717) is 17.8 Å². The maximum atomic E-state index is 13.2. The normalized spacial score (nSPS) is 19.4. The smallest absolute Gasteiger partial charge is 0.271 e. The molecule has 0 atom stereocenters. The van der Waals surface area contributed by atoms with Crippen molar-refractivity contribution < 1.29 is 14.3 Å². The van der Waals surface area contributed by atoms with Crippen LogP contribution < -0.4 is 4.74 Å². The number of carbonyl (C=O) groups is 2. The van der Waals surface area contributed by atoms with Crippen LogP contribution in [0.2, 0.25) is 0 Å². The van der Waals surface area contributed by atoms with Gasteiger partial charge in [-0.15, -0.1) is 0 Å². The molecule has 0 spiro atoms. The highest BCUT2D eigenvalue weighted by molar-refractivity contribution is 6.19. The topological polar surface area (TPSA) is 70.4 Å². The van der Waals surface area contributed by atoms with Gasteiger partial charge in [0.25, 0.3) is 11.8 Å². The zero-order valence-electron chi connectivity index (χ0n) is 17.9. The average molecular weight is 407 g/mol. The van der Waals surface area contributed by atoms with E-state index in [0.717, 1.165) is 62.7 Å². The molecule has 1 aromatic carbocycles. The van der Waals surface area contributed by atoms with E-state index in [4.69, 9.17) is 4.74 Å². The maximum absolute atomic E-state index is 13.2. The van der Waals surface area contributed by atoms with Gasteiger partial charge in [-0.3, -0.25) is 14.5 Å². The van der Waals surface area contributed by atoms with Gasteiger partial charge in [-0.05, 0) is 55.5 Å². The number of imide groups is 1. The number of nitriles is 1. The van der Waals surface area contributed by atoms with Crippen LogP contribution in [0, 0.1) is 11.3 Å². The van der Waals surface area contributed by atoms with Gasteiger partial charge in [-0.1, -0.05) is 51.2 Å². The van der Waals surface area contributed by atoms with Crippen molar-refractivity contribution in [3.05, 3.63) is 46.5 Å². The monoisotopic (exact) mass is 406 g/mol. The van der Waals surface area contributed by atoms with Gasteiger partial charge in [0.2, 0.25) is 0 Å². The van der Waals surface area contributed by atoms with Crippen LogP contribution in [0.25, 0.3) is 6.08 Å². The first-order chi connectivity index (χ1) is 14.6. The van der Waals surface area contributed by atoms with Crippen LogP contribution in [0.15, 0.2) is 41.0 Å². The van der Waals surface area contributed by atoms with Crippen molar-refractivity contribution in [3.63, 3.8) is 0 Å². The molecule has 5 nitrogen and oxygen atoms in total. The van der Waals surface area contributed by atoms with Crippen molar-refractivity contribution in [2.45, 2.75) is 71.3 Å². The zero-order chi connectivity index (χ0) is 21.5. The van der Waals surface area contributed by atoms with E-state index in [1.165, 1.54) is 4.90 Å². The molecule has 158 valence electrons. The SMILES string of the molecule is CCCCCOc1ccc(/C=C2/C(=O)N(C3CCCCC3)C(=O)C(C#N)=C2C)cc1. The number of unbranched alkanes of at least 4 members (excludes halogenated alkanes) is 2. The van der Waals surface area contributed by atoms with Crippen molar-refractivity contribution in [2.75, 3.05) is 6.61 Å². The fourth-order valence-electron chi connectivity index (χ4n) is 4.14. The van der Waals surface area contributed by atoms with Crippen LogP contribution in [0.4, 0.5) is 0 Å². The third kappa shape index (κ3) is 4.81. The molecular weight excluding hydrogens is 376 g/mol. The molecule has 0 bridgehead atoms. The summed E-state index contributed by atoms with van der Waals surface area (Å²) in [6.07, 6.45) is 9.87. The van der Waals surface area contributed by atoms with Gasteiger partial charge in [-0.2, -0.15) is 5.26 Å². The van der Waals surface area contributed by atoms with E-state index in [-0.39, 0.29) is 17.5 Å². The first-order valence-corrected chi connectivity index (χ1v) is 11.0. The molecule has 2 aliphatic rings. The highest BCUT2D eigenvalue weighted by atomic mass is 16.5. The van der Waals surface area contributed by atoms with E-state index in [9.17, 15) is 14.9 Å². The first-order valence-electron chi connectivity index (χ1n) is 11.0. The summed E-state index contributed by atoms with van der Waals surface area (Å²) in [6.45, 7) is 4.54. The molecule has 0 unspecified atom stereocenters. The zero-order valence-corrected chi connectivity index (χ0v) is 17.9. The maximum Gasteiger partial charge on any atom is 0.271 e. The van der Waals surface area contributed by atoms with Crippen molar-refractivity contribution >= 4 is 17.9 Å². The summed E-state index contributed by atoms with van der Waals surface area (Å²) in [5, 5.41) is 9.56. The molecule has 2 amide bonds. The quantitative estimate of drug-likeness (QED) is 0.355. The molecular formula is C25H30N2O3. The largest absolute Gasteiger partial charge is 0.494 e. The molecule has 0 radical (unpaired) electrons. The van der Waals surface area contributed by atoms with E-state index in [2.05, 4.69) is 6.92 Å². The first kappa shape index (κ1) is 21.8. The lowest BCUT2D eigenvalue weighted by Gasteiger charge is -2.36. The molecule has 1 fully saturated rings. The summed E-state index contributed by atoms with van der Waals surface area (Å²) < 4.78 is 5.75. The molecule has 0 aromatic heterocycles. The number of hydrogen-bond donors (Lipinski definition) is 0. The molecule has 0 saturated heterocycles. The number of amides is 2. The Morgan fingerprint density at radius 2 is 1.80 bits per heavy atom. The second kappa shape index (κ2) is 10.2. The molecule has 5 heteroatoms. The van der Waals surface area contributed by atoms with Gasteiger partial charge in [0.05, 0.1) is 6.61 Å². The van der Waals surface area contributed by atoms with Gasteiger partial charge < -0.3 is 4.74 Å². The van der Waals surface area contributed by atoms with E-state index < -0.39 is 5.91 Å². The van der Waals surface area contributed by atoms with Crippen molar-refractivity contribution in [1.82, 2.24) is 4.90 Å². The van der Waals surface area contributed by atoms with Crippen LogP contribution in [0.5, 0.6) is 5.75 Å². The van der Waals surface area contributed by atoms with Crippen LogP contribution in [-0.2, 0) is 9.59 Å². The molecule has 0 N–H and O–H groups in total. The molecule has 3 rings (SSSR count). The van der Waals surface area contributed by atoms with E-state index in [1.807, 2.05) is 30.3 Å². The summed E-state index contributed by atoms with van der Waals surface area (Å²) >= 11 is 0. The fraction of sp³-hybridized carbons (Fsp3) is 0.480. The predicted octanol–water partition coefficient (Wildman–Crippen LogP) is 5.18. The molecule has 1 aliphatic carbocycles. The number of benzene rings is 1. The van der Waals surface area contributed by atoms with Gasteiger partial charge in [0, 0.05) is 11.6 Å². The predicted molar refractivity (Wildman–Crippen MR) is 116 cm³/mol. The summed E-state index contributed by atoms with van der Waals surface area (Å²) in [7, 11) is 0. The lowest BCUT2D eigenvalue weighted by Crippen LogP contribution is -2.49. The molecule has 1 saturated carbocycles. The summed E-state index contributed by atoms with van der Waals surface area (Å²) in [6, 6.07) is 9.49. The van der Waals surface area contributed by atoms with Crippen molar-refractivity contribution in [2.24, 2.45) is 0 Å². The lowest BCUT2D eigenvalue weighted by atomic mass is 9.88.